The van der Waals surface area contributed by atoms with Crippen molar-refractivity contribution in [2.75, 3.05) is 31.1 Å². The van der Waals surface area contributed by atoms with Crippen LogP contribution in [-0.2, 0) is 37.5 Å². The van der Waals surface area contributed by atoms with Crippen molar-refractivity contribution >= 4 is 17.3 Å². The van der Waals surface area contributed by atoms with Crippen molar-refractivity contribution in [2.45, 2.75) is 65.8 Å². The molecule has 0 N–H and O–H groups in total. The van der Waals surface area contributed by atoms with Gasteiger partial charge in [0.25, 0.3) is 5.91 Å². The van der Waals surface area contributed by atoms with Gasteiger partial charge in [0.05, 0.1) is 26.2 Å². The van der Waals surface area contributed by atoms with Gasteiger partial charge in [0, 0.05) is 51.4 Å². The van der Waals surface area contributed by atoms with Crippen LogP contribution in [0.25, 0.3) is 4.85 Å². The summed E-state index contributed by atoms with van der Waals surface area (Å²) in [7, 11) is 0. The summed E-state index contributed by atoms with van der Waals surface area (Å²) in [6.07, 6.45) is 6.06. The molecule has 5 heteroatoms. The van der Waals surface area contributed by atoms with Crippen molar-refractivity contribution in [1.29, 1.82) is 0 Å². The van der Waals surface area contributed by atoms with Gasteiger partial charge in [-0.3, -0.25) is 4.79 Å². The minimum absolute atomic E-state index is 0. The maximum absolute atomic E-state index is 13.4. The molecule has 2 aromatic rings. The van der Waals surface area contributed by atoms with E-state index in [0.717, 1.165) is 53.9 Å². The molecule has 2 aliphatic heterocycles. The Bertz CT molecular complexity index is 936. The van der Waals surface area contributed by atoms with E-state index in [1.165, 1.54) is 31.2 Å². The SMILES string of the molecule is Cc1ccccc1.[C-]#[N+]c1cc(C)c(N2CCC([N+]3(CC)CCCCCC3)C2=O)c(C)c1.[Y]. The number of benzene rings is 2. The maximum Gasteiger partial charge on any atom is 0.285 e. The summed E-state index contributed by atoms with van der Waals surface area (Å²) in [5.74, 6) is 0.297. The minimum atomic E-state index is 0. The van der Waals surface area contributed by atoms with Gasteiger partial charge in [-0.15, -0.1) is 0 Å². The van der Waals surface area contributed by atoms with Crippen molar-refractivity contribution in [3.05, 3.63) is 70.6 Å². The predicted octanol–water partition coefficient (Wildman–Crippen LogP) is 6.36. The molecule has 1 atom stereocenters. The van der Waals surface area contributed by atoms with Gasteiger partial charge < -0.3 is 9.38 Å². The number of amides is 1. The Balaban J connectivity index is 0.000000413. The van der Waals surface area contributed by atoms with Gasteiger partial charge in [0.2, 0.25) is 0 Å². The van der Waals surface area contributed by atoms with E-state index in [4.69, 9.17) is 6.57 Å². The van der Waals surface area contributed by atoms with Crippen molar-refractivity contribution in [2.24, 2.45) is 0 Å². The monoisotopic (exact) mass is 521 g/mol. The Morgan fingerprint density at radius 3 is 2.03 bits per heavy atom. The van der Waals surface area contributed by atoms with Gasteiger partial charge >= 0.3 is 0 Å². The quantitative estimate of drug-likeness (QED) is 0.341. The van der Waals surface area contributed by atoms with E-state index in [0.29, 0.717) is 11.6 Å². The van der Waals surface area contributed by atoms with Crippen molar-refractivity contribution in [3.8, 4) is 0 Å². The molecule has 2 fully saturated rings. The first kappa shape index (κ1) is 27.7. The number of rotatable bonds is 3. The number of likely N-dealkylation sites (tertiary alicyclic amines) is 1. The van der Waals surface area contributed by atoms with Crippen LogP contribution in [0.15, 0.2) is 42.5 Å². The second-order valence-electron chi connectivity index (χ2n) is 9.39. The summed E-state index contributed by atoms with van der Waals surface area (Å²) >= 11 is 0. The Morgan fingerprint density at radius 1 is 1.00 bits per heavy atom. The third kappa shape index (κ3) is 6.53. The van der Waals surface area contributed by atoms with E-state index in [1.807, 2.05) is 49.1 Å². The second-order valence-corrected chi connectivity index (χ2v) is 9.39. The van der Waals surface area contributed by atoms with E-state index in [1.54, 1.807) is 0 Å². The number of hydrogen-bond donors (Lipinski definition) is 0. The first-order valence-corrected chi connectivity index (χ1v) is 12.1. The first-order valence-electron chi connectivity index (χ1n) is 12.1. The summed E-state index contributed by atoms with van der Waals surface area (Å²) in [6, 6.07) is 14.2. The normalized spacial score (nSPS) is 19.5. The van der Waals surface area contributed by atoms with Crippen LogP contribution in [0.1, 0.15) is 55.7 Å². The molecule has 1 radical (unpaired) electrons. The molecule has 1 unspecified atom stereocenters. The Morgan fingerprint density at radius 2 is 1.58 bits per heavy atom. The first-order chi connectivity index (χ1) is 15.4. The smallest absolute Gasteiger partial charge is 0.285 e. The summed E-state index contributed by atoms with van der Waals surface area (Å²) < 4.78 is 0.980. The molecule has 0 bridgehead atoms. The summed E-state index contributed by atoms with van der Waals surface area (Å²) in [5.41, 5.74) is 5.09. The molecule has 0 saturated carbocycles. The van der Waals surface area contributed by atoms with Crippen LogP contribution < -0.4 is 4.90 Å². The maximum atomic E-state index is 13.4. The van der Waals surface area contributed by atoms with Gasteiger partial charge in [-0.25, -0.2) is 4.85 Å². The number of hydrogen-bond acceptors (Lipinski definition) is 1. The summed E-state index contributed by atoms with van der Waals surface area (Å²) in [4.78, 5) is 18.9. The van der Waals surface area contributed by atoms with Gasteiger partial charge in [-0.2, -0.15) is 0 Å². The number of quaternary nitrogens is 1. The molecular weight excluding hydrogens is 483 g/mol. The Kier molecular flexibility index (Phi) is 10.7. The third-order valence-electron chi connectivity index (χ3n) is 7.24. The largest absolute Gasteiger partial charge is 0.314 e. The molecule has 0 aliphatic carbocycles. The van der Waals surface area contributed by atoms with Crippen molar-refractivity contribution < 1.29 is 42.0 Å². The van der Waals surface area contributed by atoms with Gasteiger partial charge in [0.15, 0.2) is 11.7 Å². The second kappa shape index (κ2) is 12.8. The topological polar surface area (TPSA) is 24.7 Å². The van der Waals surface area contributed by atoms with Gasteiger partial charge in [0.1, 0.15) is 0 Å². The predicted molar refractivity (Wildman–Crippen MR) is 133 cm³/mol. The zero-order valence-corrected chi connectivity index (χ0v) is 23.6. The van der Waals surface area contributed by atoms with Crippen LogP contribution in [0.2, 0.25) is 0 Å². The number of nitrogens with zero attached hydrogens (tertiary/aromatic N) is 3. The summed E-state index contributed by atoms with van der Waals surface area (Å²) in [5, 5.41) is 0. The number of anilines is 1. The van der Waals surface area contributed by atoms with Crippen LogP contribution in [0.3, 0.4) is 0 Å². The average molecular weight is 522 g/mol. The van der Waals surface area contributed by atoms with Gasteiger partial charge in [-0.1, -0.05) is 48.0 Å². The van der Waals surface area contributed by atoms with Crippen LogP contribution in [0.4, 0.5) is 11.4 Å². The standard InChI is InChI=1S/C21H30N3O.C7H8.Y/c1-5-24(12-8-6-7-9-13-24)19-10-11-23(21(19)25)20-16(2)14-18(22-4)15-17(20)3;1-7-5-3-2-4-6-7;/h14-15,19H,5-13H2,1-3H3;2-6H,1H3;/q+1;;. The summed E-state index contributed by atoms with van der Waals surface area (Å²) in [6.45, 7) is 19.8. The molecule has 4 nitrogen and oxygen atoms in total. The van der Waals surface area contributed by atoms with Crippen molar-refractivity contribution in [1.82, 2.24) is 0 Å². The number of likely N-dealkylation sites (N-methyl/N-ethyl adjacent to an activating group) is 1. The molecule has 4 rings (SSSR count). The molecule has 33 heavy (non-hydrogen) atoms. The molecule has 1 amide bonds. The van der Waals surface area contributed by atoms with Crippen LogP contribution >= 0.6 is 0 Å². The number of carbonyl (C=O) groups excluding carboxylic acids is 1. The Labute approximate surface area is 225 Å². The van der Waals surface area contributed by atoms with Crippen LogP contribution in [-0.4, -0.2) is 42.6 Å². The van der Waals surface area contributed by atoms with Crippen LogP contribution in [0, 0.1) is 27.3 Å². The van der Waals surface area contributed by atoms with Gasteiger partial charge in [-0.05, 0) is 64.5 Å². The molecule has 0 aromatic heterocycles. The number of carbonyl (C=O) groups is 1. The fraction of sp³-hybridized carbons (Fsp3) is 0.500. The molecular formula is C28H38N3OY+. The average Bonchev–Trinajstić information content (AvgIpc) is 3.01. The Hall–Kier alpha value is -1.54. The fourth-order valence-electron chi connectivity index (χ4n) is 5.52. The molecule has 173 valence electrons. The van der Waals surface area contributed by atoms with E-state index in [2.05, 4.69) is 30.8 Å². The van der Waals surface area contributed by atoms with E-state index >= 15 is 0 Å². The van der Waals surface area contributed by atoms with E-state index in [9.17, 15) is 4.79 Å². The molecule has 0 spiro atoms. The molecule has 2 aliphatic rings. The van der Waals surface area contributed by atoms with E-state index < -0.39 is 0 Å². The fourth-order valence-corrected chi connectivity index (χ4v) is 5.52. The molecule has 2 saturated heterocycles. The zero-order chi connectivity index (χ0) is 23.1. The van der Waals surface area contributed by atoms with E-state index in [-0.39, 0.29) is 38.8 Å². The van der Waals surface area contributed by atoms with Crippen LogP contribution in [0.5, 0.6) is 0 Å². The van der Waals surface area contributed by atoms with Crippen molar-refractivity contribution in [3.63, 3.8) is 0 Å². The minimum Gasteiger partial charge on any atom is -0.314 e. The molecule has 2 heterocycles. The zero-order valence-electron chi connectivity index (χ0n) is 20.8. The number of aryl methyl sites for hydroxylation is 3. The molecule has 2 aromatic carbocycles. The third-order valence-corrected chi connectivity index (χ3v) is 7.24.